The number of rotatable bonds is 6. The van der Waals surface area contributed by atoms with Crippen molar-refractivity contribution in [1.29, 1.82) is 5.26 Å². The first-order chi connectivity index (χ1) is 18.4. The molecule has 1 aliphatic carbocycles. The monoisotopic (exact) mass is 563 g/mol. The molecule has 12 heteroatoms. The van der Waals surface area contributed by atoms with Gasteiger partial charge in [0, 0.05) is 23.9 Å². The highest BCUT2D eigenvalue weighted by Crippen LogP contribution is 2.47. The van der Waals surface area contributed by atoms with E-state index in [9.17, 15) is 14.9 Å². The molecular weight excluding hydrogens is 542 g/mol. The molecule has 1 aromatic carbocycles. The molecule has 1 amide bonds. The Hall–Kier alpha value is -3.72. The zero-order valence-electron chi connectivity index (χ0n) is 20.3. The second-order valence-corrected chi connectivity index (χ2v) is 11.4. The molecule has 0 radical (unpaired) electrons. The summed E-state index contributed by atoms with van der Waals surface area (Å²) in [5.74, 6) is -0.0336. The number of allylic oxidation sites excluding steroid dienone is 3. The summed E-state index contributed by atoms with van der Waals surface area (Å²) in [5, 5.41) is 22.3. The van der Waals surface area contributed by atoms with Crippen molar-refractivity contribution in [2.45, 2.75) is 36.4 Å². The standard InChI is InChI=1S/C26H22ClN7O2S2/c1-14-5-7-15(8-6-14)22-17(11-28)24(29)34(18-3-2-4-19(35)23(18)22)25-32-33-26(38-25)37-13-21(36)31-20-10-9-16(27)12-30-20/h5-10,12,22H,2-4,13,29H2,1H3,(H,30,31,36). The van der Waals surface area contributed by atoms with Crippen LogP contribution in [0.3, 0.4) is 0 Å². The average molecular weight is 564 g/mol. The van der Waals surface area contributed by atoms with Gasteiger partial charge in [-0.1, -0.05) is 64.5 Å². The third kappa shape index (κ3) is 5.15. The fourth-order valence-corrected chi connectivity index (χ4v) is 6.30. The molecule has 192 valence electrons. The number of nitrogens with two attached hydrogens (primary N) is 1. The molecule has 9 nitrogen and oxygen atoms in total. The van der Waals surface area contributed by atoms with Gasteiger partial charge in [-0.15, -0.1) is 10.2 Å². The molecular formula is C26H22ClN7O2S2. The number of Topliss-reactive ketones (excluding diaryl/α,β-unsaturated/α-hetero) is 1. The zero-order chi connectivity index (χ0) is 26.8. The van der Waals surface area contributed by atoms with E-state index >= 15 is 0 Å². The summed E-state index contributed by atoms with van der Waals surface area (Å²) < 4.78 is 0.551. The van der Waals surface area contributed by atoms with E-state index in [1.165, 1.54) is 29.3 Å². The first-order valence-electron chi connectivity index (χ1n) is 11.8. The highest BCUT2D eigenvalue weighted by molar-refractivity contribution is 8.01. The van der Waals surface area contributed by atoms with Gasteiger partial charge in [0.1, 0.15) is 11.6 Å². The second kappa shape index (κ2) is 10.9. The molecule has 38 heavy (non-hydrogen) atoms. The molecule has 1 aliphatic heterocycles. The Labute approximate surface area is 232 Å². The van der Waals surface area contributed by atoms with E-state index in [1.807, 2.05) is 31.2 Å². The summed E-state index contributed by atoms with van der Waals surface area (Å²) in [6.45, 7) is 1.99. The molecule has 3 heterocycles. The number of amides is 1. The summed E-state index contributed by atoms with van der Waals surface area (Å²) in [5.41, 5.74) is 10.2. The largest absolute Gasteiger partial charge is 0.384 e. The highest BCUT2D eigenvalue weighted by atomic mass is 35.5. The summed E-state index contributed by atoms with van der Waals surface area (Å²) in [6.07, 6.45) is 3.18. The van der Waals surface area contributed by atoms with Crippen molar-refractivity contribution in [2.75, 3.05) is 16.0 Å². The fourth-order valence-electron chi connectivity index (χ4n) is 4.50. The smallest absolute Gasteiger partial charge is 0.235 e. The number of nitrogens with one attached hydrogen (secondary N) is 1. The molecule has 5 rings (SSSR count). The van der Waals surface area contributed by atoms with Crippen LogP contribution in [0.4, 0.5) is 10.9 Å². The molecule has 2 aliphatic rings. The first kappa shape index (κ1) is 25.9. The average Bonchev–Trinajstić information content (AvgIpc) is 3.37. The van der Waals surface area contributed by atoms with Crippen molar-refractivity contribution in [2.24, 2.45) is 5.73 Å². The van der Waals surface area contributed by atoms with Gasteiger partial charge in [-0.25, -0.2) is 4.98 Å². The number of thioether (sulfide) groups is 1. The number of nitriles is 1. The zero-order valence-corrected chi connectivity index (χ0v) is 22.7. The van der Waals surface area contributed by atoms with E-state index in [0.717, 1.165) is 16.8 Å². The number of anilines is 2. The molecule has 1 atom stereocenters. The minimum absolute atomic E-state index is 0.00803. The number of ketones is 1. The molecule has 0 saturated heterocycles. The summed E-state index contributed by atoms with van der Waals surface area (Å²) in [6, 6.07) is 13.3. The van der Waals surface area contributed by atoms with Gasteiger partial charge >= 0.3 is 0 Å². The van der Waals surface area contributed by atoms with Crippen LogP contribution in [0, 0.1) is 18.3 Å². The SMILES string of the molecule is Cc1ccc(C2C(C#N)=C(N)N(c3nnc(SCC(=O)Nc4ccc(Cl)cn4)s3)C3=C2C(=O)CCC3)cc1. The number of pyridine rings is 1. The van der Waals surface area contributed by atoms with Crippen LogP contribution in [0.25, 0.3) is 0 Å². The van der Waals surface area contributed by atoms with Crippen LogP contribution < -0.4 is 16.0 Å². The highest BCUT2D eigenvalue weighted by Gasteiger charge is 2.41. The van der Waals surface area contributed by atoms with Crippen LogP contribution in [0.15, 0.2) is 69.6 Å². The van der Waals surface area contributed by atoms with Crippen molar-refractivity contribution in [3.05, 3.63) is 81.4 Å². The Balaban J connectivity index is 1.41. The van der Waals surface area contributed by atoms with Crippen molar-refractivity contribution in [3.63, 3.8) is 0 Å². The van der Waals surface area contributed by atoms with Crippen molar-refractivity contribution in [1.82, 2.24) is 15.2 Å². The van der Waals surface area contributed by atoms with Gasteiger partial charge in [0.15, 0.2) is 10.1 Å². The van der Waals surface area contributed by atoms with E-state index in [2.05, 4.69) is 26.6 Å². The van der Waals surface area contributed by atoms with E-state index in [4.69, 9.17) is 17.3 Å². The van der Waals surface area contributed by atoms with Crippen LogP contribution in [0.2, 0.25) is 5.02 Å². The van der Waals surface area contributed by atoms with Gasteiger partial charge in [-0.05, 0) is 37.5 Å². The van der Waals surface area contributed by atoms with Crippen molar-refractivity contribution in [3.8, 4) is 6.07 Å². The molecule has 1 unspecified atom stereocenters. The minimum atomic E-state index is -0.522. The summed E-state index contributed by atoms with van der Waals surface area (Å²) in [4.78, 5) is 31.3. The number of aryl methyl sites for hydroxylation is 1. The maximum atomic E-state index is 13.2. The maximum Gasteiger partial charge on any atom is 0.235 e. The predicted molar refractivity (Wildman–Crippen MR) is 148 cm³/mol. The number of nitrogens with zero attached hydrogens (tertiary/aromatic N) is 5. The van der Waals surface area contributed by atoms with Gasteiger partial charge in [-0.3, -0.25) is 14.5 Å². The molecule has 3 N–H and O–H groups in total. The topological polar surface area (TPSA) is 138 Å². The lowest BCUT2D eigenvalue weighted by Crippen LogP contribution is -2.38. The number of carbonyl (C=O) groups is 2. The lowest BCUT2D eigenvalue weighted by molar-refractivity contribution is -0.116. The predicted octanol–water partition coefficient (Wildman–Crippen LogP) is 4.93. The Morgan fingerprint density at radius 3 is 2.76 bits per heavy atom. The van der Waals surface area contributed by atoms with Crippen LogP contribution in [-0.4, -0.2) is 32.6 Å². The maximum absolute atomic E-state index is 13.2. The van der Waals surface area contributed by atoms with Crippen LogP contribution in [-0.2, 0) is 9.59 Å². The fraction of sp³-hybridized carbons (Fsp3) is 0.231. The number of carbonyl (C=O) groups excluding carboxylic acids is 2. The van der Waals surface area contributed by atoms with Crippen LogP contribution in [0.5, 0.6) is 0 Å². The van der Waals surface area contributed by atoms with Crippen molar-refractivity contribution < 1.29 is 9.59 Å². The number of halogens is 1. The lowest BCUT2D eigenvalue weighted by Gasteiger charge is -2.38. The normalized spacial score (nSPS) is 17.3. The van der Waals surface area contributed by atoms with E-state index < -0.39 is 5.92 Å². The molecule has 3 aromatic rings. The van der Waals surface area contributed by atoms with Gasteiger partial charge in [0.25, 0.3) is 0 Å². The third-order valence-corrected chi connectivity index (χ3v) is 8.50. The number of hydrogen-bond donors (Lipinski definition) is 2. The van der Waals surface area contributed by atoms with Crippen LogP contribution >= 0.6 is 34.7 Å². The summed E-state index contributed by atoms with van der Waals surface area (Å²) >= 11 is 8.30. The van der Waals surface area contributed by atoms with Gasteiger partial charge < -0.3 is 11.1 Å². The molecule has 0 spiro atoms. The van der Waals surface area contributed by atoms with E-state index in [0.29, 0.717) is 50.7 Å². The Morgan fingerprint density at radius 1 is 1.26 bits per heavy atom. The Kier molecular flexibility index (Phi) is 7.46. The van der Waals surface area contributed by atoms with Gasteiger partial charge in [-0.2, -0.15) is 5.26 Å². The number of benzene rings is 1. The van der Waals surface area contributed by atoms with Gasteiger partial charge in [0.2, 0.25) is 11.0 Å². The molecule has 0 fully saturated rings. The van der Waals surface area contributed by atoms with E-state index in [-0.39, 0.29) is 23.3 Å². The Morgan fingerprint density at radius 2 is 2.05 bits per heavy atom. The number of hydrogen-bond acceptors (Lipinski definition) is 10. The van der Waals surface area contributed by atoms with Gasteiger partial charge in [0.05, 0.1) is 28.3 Å². The lowest BCUT2D eigenvalue weighted by atomic mass is 9.75. The molecule has 2 aromatic heterocycles. The Bertz CT molecular complexity index is 1510. The molecule has 0 saturated carbocycles. The molecule has 0 bridgehead atoms. The summed E-state index contributed by atoms with van der Waals surface area (Å²) in [7, 11) is 0. The minimum Gasteiger partial charge on any atom is -0.384 e. The second-order valence-electron chi connectivity index (χ2n) is 8.78. The number of aromatic nitrogens is 3. The first-order valence-corrected chi connectivity index (χ1v) is 13.9. The third-order valence-electron chi connectivity index (χ3n) is 6.23. The van der Waals surface area contributed by atoms with Crippen molar-refractivity contribution >= 4 is 57.3 Å². The van der Waals surface area contributed by atoms with E-state index in [1.54, 1.807) is 17.0 Å². The van der Waals surface area contributed by atoms with Crippen LogP contribution in [0.1, 0.15) is 36.3 Å². The quantitative estimate of drug-likeness (QED) is 0.400.